The maximum Gasteiger partial charge on any atom is 0.120 e. The first kappa shape index (κ1) is 13.4. The molecule has 0 aliphatic carbocycles. The maximum atomic E-state index is 10.0. The number of benzene rings is 1. The minimum atomic E-state index is 0.320. The van der Waals surface area contributed by atoms with Crippen molar-refractivity contribution in [3.05, 3.63) is 29.8 Å². The third kappa shape index (κ3) is 2.85. The van der Waals surface area contributed by atoms with E-state index in [2.05, 4.69) is 11.8 Å². The van der Waals surface area contributed by atoms with Crippen LogP contribution in [0.25, 0.3) is 0 Å². The van der Waals surface area contributed by atoms with Crippen LogP contribution in [0.4, 0.5) is 0 Å². The standard InChI is InChI=1S/C15H24N2O/c1-2-14(13-7-3-4-8-15(13)18)17-9-5-6-12(10-16)11-17/h3-4,7-8,12,14,18H,2,5-6,9-11,16H2,1H3. The summed E-state index contributed by atoms with van der Waals surface area (Å²) in [5.74, 6) is 1.03. The molecule has 100 valence electrons. The van der Waals surface area contributed by atoms with Crippen molar-refractivity contribution in [3.8, 4) is 5.75 Å². The highest BCUT2D eigenvalue weighted by atomic mass is 16.3. The van der Waals surface area contributed by atoms with Crippen molar-refractivity contribution in [1.29, 1.82) is 0 Å². The van der Waals surface area contributed by atoms with Gasteiger partial charge in [-0.15, -0.1) is 0 Å². The van der Waals surface area contributed by atoms with Crippen LogP contribution in [-0.2, 0) is 0 Å². The van der Waals surface area contributed by atoms with Crippen molar-refractivity contribution in [2.24, 2.45) is 11.7 Å². The Bertz CT molecular complexity index is 381. The molecule has 0 bridgehead atoms. The number of nitrogens with zero attached hydrogens (tertiary/aromatic N) is 1. The molecule has 3 heteroatoms. The van der Waals surface area contributed by atoms with Crippen molar-refractivity contribution in [1.82, 2.24) is 4.90 Å². The summed E-state index contributed by atoms with van der Waals surface area (Å²) in [7, 11) is 0. The number of likely N-dealkylation sites (tertiary alicyclic amines) is 1. The molecule has 1 heterocycles. The van der Waals surface area contributed by atoms with Gasteiger partial charge in [0.1, 0.15) is 5.75 Å². The van der Waals surface area contributed by atoms with Gasteiger partial charge >= 0.3 is 0 Å². The van der Waals surface area contributed by atoms with E-state index in [4.69, 9.17) is 5.73 Å². The second-order valence-electron chi connectivity index (χ2n) is 5.22. The predicted molar refractivity (Wildman–Crippen MR) is 74.5 cm³/mol. The molecule has 2 unspecified atom stereocenters. The zero-order chi connectivity index (χ0) is 13.0. The third-order valence-corrected chi connectivity index (χ3v) is 4.01. The largest absolute Gasteiger partial charge is 0.508 e. The van der Waals surface area contributed by atoms with Crippen LogP contribution in [0, 0.1) is 5.92 Å². The van der Waals surface area contributed by atoms with Crippen molar-refractivity contribution >= 4 is 0 Å². The summed E-state index contributed by atoms with van der Waals surface area (Å²) in [6.45, 7) is 5.13. The smallest absolute Gasteiger partial charge is 0.120 e. The van der Waals surface area contributed by atoms with E-state index >= 15 is 0 Å². The number of phenolic OH excluding ortho intramolecular Hbond substituents is 1. The summed E-state index contributed by atoms with van der Waals surface area (Å²) in [4.78, 5) is 2.48. The Morgan fingerprint density at radius 2 is 2.22 bits per heavy atom. The molecular weight excluding hydrogens is 224 g/mol. The fraction of sp³-hybridized carbons (Fsp3) is 0.600. The molecule has 2 atom stereocenters. The molecule has 1 aliphatic heterocycles. The number of nitrogens with two attached hydrogens (primary N) is 1. The lowest BCUT2D eigenvalue weighted by Crippen LogP contribution is -2.40. The summed E-state index contributed by atoms with van der Waals surface area (Å²) in [5, 5.41) is 10.0. The number of para-hydroxylation sites is 1. The number of hydrogen-bond acceptors (Lipinski definition) is 3. The summed E-state index contributed by atoms with van der Waals surface area (Å²) < 4.78 is 0. The molecular formula is C15H24N2O. The number of phenols is 1. The second-order valence-corrected chi connectivity index (χ2v) is 5.22. The van der Waals surface area contributed by atoms with Crippen LogP contribution in [-0.4, -0.2) is 29.6 Å². The quantitative estimate of drug-likeness (QED) is 0.861. The lowest BCUT2D eigenvalue weighted by molar-refractivity contribution is 0.121. The Kier molecular flexibility index (Phi) is 4.61. The van der Waals surface area contributed by atoms with Gasteiger partial charge in [0.05, 0.1) is 0 Å². The summed E-state index contributed by atoms with van der Waals surface area (Å²) in [6, 6.07) is 8.02. The number of rotatable bonds is 4. The molecule has 3 N–H and O–H groups in total. The first-order valence-electron chi connectivity index (χ1n) is 6.98. The molecule has 0 amide bonds. The van der Waals surface area contributed by atoms with E-state index in [1.807, 2.05) is 18.2 Å². The Morgan fingerprint density at radius 3 is 2.89 bits per heavy atom. The van der Waals surface area contributed by atoms with Crippen LogP contribution in [0.1, 0.15) is 37.8 Å². The van der Waals surface area contributed by atoms with E-state index in [1.165, 1.54) is 12.8 Å². The molecule has 0 saturated carbocycles. The molecule has 3 nitrogen and oxygen atoms in total. The van der Waals surface area contributed by atoms with Gasteiger partial charge < -0.3 is 10.8 Å². The zero-order valence-electron chi connectivity index (χ0n) is 11.2. The van der Waals surface area contributed by atoms with Crippen LogP contribution in [0.5, 0.6) is 5.75 Å². The van der Waals surface area contributed by atoms with Crippen LogP contribution in [0.3, 0.4) is 0 Å². The lowest BCUT2D eigenvalue weighted by atomic mass is 9.93. The van der Waals surface area contributed by atoms with Crippen molar-refractivity contribution in [2.75, 3.05) is 19.6 Å². The first-order chi connectivity index (χ1) is 8.76. The van der Waals surface area contributed by atoms with Gasteiger partial charge in [0.2, 0.25) is 0 Å². The molecule has 0 radical (unpaired) electrons. The third-order valence-electron chi connectivity index (χ3n) is 4.01. The van der Waals surface area contributed by atoms with Gasteiger partial charge in [0.15, 0.2) is 0 Å². The Labute approximate surface area is 110 Å². The average Bonchev–Trinajstić information content (AvgIpc) is 2.42. The van der Waals surface area contributed by atoms with E-state index < -0.39 is 0 Å². The number of piperidine rings is 1. The molecule has 1 aromatic rings. The molecule has 0 spiro atoms. The van der Waals surface area contributed by atoms with Crippen molar-refractivity contribution in [3.63, 3.8) is 0 Å². The van der Waals surface area contributed by atoms with Gasteiger partial charge in [-0.1, -0.05) is 25.1 Å². The molecule has 0 aromatic heterocycles. The van der Waals surface area contributed by atoms with E-state index in [9.17, 15) is 5.11 Å². The summed E-state index contributed by atoms with van der Waals surface area (Å²) in [6.07, 6.45) is 3.48. The number of hydrogen-bond donors (Lipinski definition) is 2. The predicted octanol–water partition coefficient (Wildman–Crippen LogP) is 2.51. The SMILES string of the molecule is CCC(c1ccccc1O)N1CCCC(CN)C1. The maximum absolute atomic E-state index is 10.0. The fourth-order valence-electron chi connectivity index (χ4n) is 3.02. The highest BCUT2D eigenvalue weighted by Crippen LogP contribution is 2.33. The van der Waals surface area contributed by atoms with Crippen LogP contribution >= 0.6 is 0 Å². The van der Waals surface area contributed by atoms with E-state index in [-0.39, 0.29) is 0 Å². The highest BCUT2D eigenvalue weighted by molar-refractivity contribution is 5.34. The van der Waals surface area contributed by atoms with Crippen LogP contribution < -0.4 is 5.73 Å². The van der Waals surface area contributed by atoms with Gasteiger partial charge in [-0.25, -0.2) is 0 Å². The molecule has 1 fully saturated rings. The number of aromatic hydroxyl groups is 1. The summed E-state index contributed by atoms with van der Waals surface area (Å²) in [5.41, 5.74) is 6.85. The Balaban J connectivity index is 2.15. The van der Waals surface area contributed by atoms with Crippen LogP contribution in [0.15, 0.2) is 24.3 Å². The van der Waals surface area contributed by atoms with Crippen molar-refractivity contribution < 1.29 is 5.11 Å². The van der Waals surface area contributed by atoms with Gasteiger partial charge in [-0.2, -0.15) is 0 Å². The molecule has 1 aliphatic rings. The fourth-order valence-corrected chi connectivity index (χ4v) is 3.02. The minimum Gasteiger partial charge on any atom is -0.508 e. The van der Waals surface area contributed by atoms with Crippen LogP contribution in [0.2, 0.25) is 0 Å². The Hall–Kier alpha value is -1.06. The molecule has 18 heavy (non-hydrogen) atoms. The van der Waals surface area contributed by atoms with Crippen molar-refractivity contribution in [2.45, 2.75) is 32.2 Å². The second kappa shape index (κ2) is 6.21. The van der Waals surface area contributed by atoms with Gasteiger partial charge in [-0.05, 0) is 44.3 Å². The van der Waals surface area contributed by atoms with Gasteiger partial charge in [0.25, 0.3) is 0 Å². The summed E-state index contributed by atoms with van der Waals surface area (Å²) >= 11 is 0. The first-order valence-corrected chi connectivity index (χ1v) is 6.98. The minimum absolute atomic E-state index is 0.320. The normalized spacial score (nSPS) is 22.9. The van der Waals surface area contributed by atoms with Gasteiger partial charge in [0, 0.05) is 18.2 Å². The Morgan fingerprint density at radius 1 is 1.44 bits per heavy atom. The monoisotopic (exact) mass is 248 g/mol. The lowest BCUT2D eigenvalue weighted by Gasteiger charge is -2.38. The highest BCUT2D eigenvalue weighted by Gasteiger charge is 2.26. The van der Waals surface area contributed by atoms with Gasteiger partial charge in [-0.3, -0.25) is 4.90 Å². The molecule has 1 saturated heterocycles. The molecule has 1 aromatic carbocycles. The van der Waals surface area contributed by atoms with E-state index in [0.29, 0.717) is 17.7 Å². The average molecular weight is 248 g/mol. The van der Waals surface area contributed by atoms with E-state index in [1.54, 1.807) is 6.07 Å². The molecule has 2 rings (SSSR count). The zero-order valence-corrected chi connectivity index (χ0v) is 11.2. The topological polar surface area (TPSA) is 49.5 Å². The van der Waals surface area contributed by atoms with E-state index in [0.717, 1.165) is 31.6 Å².